The van der Waals surface area contributed by atoms with Gasteiger partial charge in [-0.1, -0.05) is 13.3 Å². The summed E-state index contributed by atoms with van der Waals surface area (Å²) in [6.45, 7) is 3.95. The average Bonchev–Trinajstić information content (AvgIpc) is 3.25. The number of aromatic nitrogens is 2. The van der Waals surface area contributed by atoms with Crippen LogP contribution in [0.25, 0.3) is 0 Å². The molecule has 0 unspecified atom stereocenters. The Kier molecular flexibility index (Phi) is 5.49. The summed E-state index contributed by atoms with van der Waals surface area (Å²) >= 11 is 1.72. The van der Waals surface area contributed by atoms with Crippen molar-refractivity contribution in [1.82, 2.24) is 14.7 Å². The largest absolute Gasteiger partial charge is 0.336 e. The zero-order chi connectivity index (χ0) is 16.1. The van der Waals surface area contributed by atoms with Gasteiger partial charge in [-0.25, -0.2) is 0 Å². The van der Waals surface area contributed by atoms with Crippen molar-refractivity contribution in [3.63, 3.8) is 0 Å². The average molecular weight is 331 g/mol. The van der Waals surface area contributed by atoms with Gasteiger partial charge in [-0.2, -0.15) is 5.10 Å². The van der Waals surface area contributed by atoms with E-state index in [0.717, 1.165) is 50.8 Å². The van der Waals surface area contributed by atoms with E-state index < -0.39 is 0 Å². The minimum atomic E-state index is 0.216. The van der Waals surface area contributed by atoms with E-state index in [1.807, 2.05) is 28.5 Å². The molecule has 0 aliphatic carbocycles. The molecule has 124 valence electrons. The molecule has 4 nitrogen and oxygen atoms in total. The number of hydrogen-bond acceptors (Lipinski definition) is 3. The van der Waals surface area contributed by atoms with Crippen LogP contribution in [-0.4, -0.2) is 33.2 Å². The van der Waals surface area contributed by atoms with Crippen molar-refractivity contribution in [1.29, 1.82) is 0 Å². The number of amides is 1. The fourth-order valence-electron chi connectivity index (χ4n) is 3.32. The molecule has 1 aliphatic rings. The van der Waals surface area contributed by atoms with Crippen LogP contribution in [0.4, 0.5) is 0 Å². The van der Waals surface area contributed by atoms with Gasteiger partial charge in [0.05, 0.1) is 5.56 Å². The molecule has 0 saturated carbocycles. The molecular formula is C18H25N3OS. The highest BCUT2D eigenvalue weighted by molar-refractivity contribution is 7.10. The SMILES string of the molecule is CCCc1cc(C(=O)N2CCCC[C@H]2CCn2cccn2)cs1. The summed E-state index contributed by atoms with van der Waals surface area (Å²) in [4.78, 5) is 16.3. The summed E-state index contributed by atoms with van der Waals surface area (Å²) < 4.78 is 1.96. The molecule has 1 atom stereocenters. The summed E-state index contributed by atoms with van der Waals surface area (Å²) in [5, 5.41) is 6.30. The number of nitrogens with zero attached hydrogens (tertiary/aromatic N) is 3. The van der Waals surface area contributed by atoms with Gasteiger partial charge in [-0.05, 0) is 44.2 Å². The Hall–Kier alpha value is -1.62. The third-order valence-electron chi connectivity index (χ3n) is 4.54. The molecule has 2 aromatic heterocycles. The lowest BCUT2D eigenvalue weighted by molar-refractivity contribution is 0.0594. The fraction of sp³-hybridized carbons (Fsp3) is 0.556. The monoisotopic (exact) mass is 331 g/mol. The zero-order valence-corrected chi connectivity index (χ0v) is 14.6. The zero-order valence-electron chi connectivity index (χ0n) is 13.8. The van der Waals surface area contributed by atoms with Gasteiger partial charge in [0.25, 0.3) is 5.91 Å². The normalized spacial score (nSPS) is 18.3. The van der Waals surface area contributed by atoms with E-state index in [1.165, 1.54) is 11.3 Å². The molecule has 0 aromatic carbocycles. The Morgan fingerprint density at radius 2 is 2.35 bits per heavy atom. The van der Waals surface area contributed by atoms with Gasteiger partial charge in [0.1, 0.15) is 0 Å². The van der Waals surface area contributed by atoms with Crippen molar-refractivity contribution in [3.05, 3.63) is 40.3 Å². The third kappa shape index (κ3) is 4.02. The second-order valence-corrected chi connectivity index (χ2v) is 7.25. The molecule has 3 rings (SSSR count). The molecule has 1 saturated heterocycles. The molecule has 1 fully saturated rings. The van der Waals surface area contributed by atoms with Crippen LogP contribution in [0.1, 0.15) is 54.3 Å². The second kappa shape index (κ2) is 7.77. The van der Waals surface area contributed by atoms with Gasteiger partial charge in [0.2, 0.25) is 0 Å². The van der Waals surface area contributed by atoms with E-state index in [-0.39, 0.29) is 5.91 Å². The highest BCUT2D eigenvalue weighted by Crippen LogP contribution is 2.25. The summed E-state index contributed by atoms with van der Waals surface area (Å²) in [5.74, 6) is 0.216. The number of thiophene rings is 1. The molecule has 1 aliphatic heterocycles. The third-order valence-corrected chi connectivity index (χ3v) is 5.53. The first-order chi connectivity index (χ1) is 11.3. The van der Waals surface area contributed by atoms with Crippen LogP contribution in [0.2, 0.25) is 0 Å². The minimum absolute atomic E-state index is 0.216. The first-order valence-corrected chi connectivity index (χ1v) is 9.51. The van der Waals surface area contributed by atoms with Gasteiger partial charge in [-0.3, -0.25) is 9.48 Å². The Morgan fingerprint density at radius 3 is 3.13 bits per heavy atom. The first kappa shape index (κ1) is 16.2. The predicted molar refractivity (Wildman–Crippen MR) is 93.8 cm³/mol. The minimum Gasteiger partial charge on any atom is -0.336 e. The number of rotatable bonds is 6. The summed E-state index contributed by atoms with van der Waals surface area (Å²) in [6, 6.07) is 4.38. The maximum atomic E-state index is 12.9. The van der Waals surface area contributed by atoms with Gasteiger partial charge in [0, 0.05) is 41.8 Å². The number of carbonyl (C=O) groups is 1. The Balaban J connectivity index is 1.65. The molecule has 0 N–H and O–H groups in total. The lowest BCUT2D eigenvalue weighted by atomic mass is 9.98. The summed E-state index contributed by atoms with van der Waals surface area (Å²) in [5.41, 5.74) is 0.879. The van der Waals surface area contributed by atoms with E-state index in [9.17, 15) is 4.79 Å². The second-order valence-electron chi connectivity index (χ2n) is 6.26. The standard InChI is InChI=1S/C18H25N3OS/c1-2-6-17-13-15(14-23-17)18(22)21-11-4-3-7-16(21)8-12-20-10-5-9-19-20/h5,9-10,13-14,16H,2-4,6-8,11-12H2,1H3/t16-/m0/s1. The summed E-state index contributed by atoms with van der Waals surface area (Å²) in [6.07, 6.45) is 10.4. The van der Waals surface area contributed by atoms with Crippen LogP contribution in [-0.2, 0) is 13.0 Å². The number of aryl methyl sites for hydroxylation is 2. The summed E-state index contributed by atoms with van der Waals surface area (Å²) in [7, 11) is 0. The van der Waals surface area contributed by atoms with Crippen molar-refractivity contribution in [2.24, 2.45) is 0 Å². The molecule has 0 bridgehead atoms. The maximum absolute atomic E-state index is 12.9. The Labute approximate surface area is 142 Å². The molecule has 1 amide bonds. The van der Waals surface area contributed by atoms with Crippen LogP contribution in [0.3, 0.4) is 0 Å². The topological polar surface area (TPSA) is 38.1 Å². The van der Waals surface area contributed by atoms with E-state index in [0.29, 0.717) is 6.04 Å². The first-order valence-electron chi connectivity index (χ1n) is 8.63. The van der Waals surface area contributed by atoms with Crippen molar-refractivity contribution >= 4 is 17.2 Å². The molecule has 5 heteroatoms. The smallest absolute Gasteiger partial charge is 0.254 e. The van der Waals surface area contributed by atoms with Crippen molar-refractivity contribution < 1.29 is 4.79 Å². The number of carbonyl (C=O) groups excluding carboxylic acids is 1. The van der Waals surface area contributed by atoms with Gasteiger partial charge >= 0.3 is 0 Å². The van der Waals surface area contributed by atoms with Crippen molar-refractivity contribution in [2.45, 2.75) is 58.0 Å². The molecule has 0 spiro atoms. The highest BCUT2D eigenvalue weighted by atomic mass is 32.1. The molecule has 0 radical (unpaired) electrons. The van der Waals surface area contributed by atoms with E-state index in [1.54, 1.807) is 11.3 Å². The molecule has 23 heavy (non-hydrogen) atoms. The Morgan fingerprint density at radius 1 is 1.43 bits per heavy atom. The highest BCUT2D eigenvalue weighted by Gasteiger charge is 2.27. The van der Waals surface area contributed by atoms with Crippen molar-refractivity contribution in [2.75, 3.05) is 6.54 Å². The Bertz CT molecular complexity index is 620. The van der Waals surface area contributed by atoms with Crippen LogP contribution in [0, 0.1) is 0 Å². The quantitative estimate of drug-likeness (QED) is 0.803. The lowest BCUT2D eigenvalue weighted by Gasteiger charge is -2.35. The maximum Gasteiger partial charge on any atom is 0.254 e. The van der Waals surface area contributed by atoms with E-state index in [2.05, 4.69) is 23.0 Å². The van der Waals surface area contributed by atoms with Crippen LogP contribution in [0.15, 0.2) is 29.9 Å². The van der Waals surface area contributed by atoms with E-state index >= 15 is 0 Å². The lowest BCUT2D eigenvalue weighted by Crippen LogP contribution is -2.44. The number of piperidine rings is 1. The molecule has 3 heterocycles. The predicted octanol–water partition coefficient (Wildman–Crippen LogP) is 3.98. The van der Waals surface area contributed by atoms with Crippen LogP contribution < -0.4 is 0 Å². The van der Waals surface area contributed by atoms with E-state index in [4.69, 9.17) is 0 Å². The van der Waals surface area contributed by atoms with Crippen LogP contribution >= 0.6 is 11.3 Å². The molecular weight excluding hydrogens is 306 g/mol. The number of likely N-dealkylation sites (tertiary alicyclic amines) is 1. The fourth-order valence-corrected chi connectivity index (χ4v) is 4.28. The van der Waals surface area contributed by atoms with Gasteiger partial charge < -0.3 is 4.90 Å². The number of hydrogen-bond donors (Lipinski definition) is 0. The van der Waals surface area contributed by atoms with Gasteiger partial charge in [0.15, 0.2) is 0 Å². The van der Waals surface area contributed by atoms with Crippen LogP contribution in [0.5, 0.6) is 0 Å². The van der Waals surface area contributed by atoms with Gasteiger partial charge in [-0.15, -0.1) is 11.3 Å². The van der Waals surface area contributed by atoms with Crippen molar-refractivity contribution in [3.8, 4) is 0 Å². The molecule has 2 aromatic rings.